The van der Waals surface area contributed by atoms with Gasteiger partial charge >= 0.3 is 0 Å². The van der Waals surface area contributed by atoms with Crippen molar-refractivity contribution in [1.82, 2.24) is 5.32 Å². The second-order valence-electron chi connectivity index (χ2n) is 5.51. The zero-order valence-corrected chi connectivity index (χ0v) is 13.2. The quantitative estimate of drug-likeness (QED) is 0.781. The topological polar surface area (TPSA) is 24.5 Å². The Bertz CT molecular complexity index is 425. The molecule has 0 saturated carbocycles. The summed E-state index contributed by atoms with van der Waals surface area (Å²) in [6, 6.07) is 6.22. The van der Waals surface area contributed by atoms with Gasteiger partial charge in [-0.05, 0) is 37.1 Å². The number of anilines is 1. The van der Waals surface area contributed by atoms with Gasteiger partial charge in [0.25, 0.3) is 0 Å². The maximum Gasteiger partial charge on any atom is 0.0508 e. The highest BCUT2D eigenvalue weighted by Crippen LogP contribution is 2.29. The SMILES string of the molecule is CCCNCc1ccc(Cl)cc1N1CCC(COC)C1. The Hall–Kier alpha value is -0.770. The summed E-state index contributed by atoms with van der Waals surface area (Å²) in [5.41, 5.74) is 2.61. The van der Waals surface area contributed by atoms with E-state index in [0.717, 1.165) is 44.2 Å². The van der Waals surface area contributed by atoms with E-state index in [1.54, 1.807) is 7.11 Å². The van der Waals surface area contributed by atoms with Crippen molar-refractivity contribution in [2.24, 2.45) is 5.92 Å². The Kier molecular flexibility index (Phi) is 6.14. The number of benzene rings is 1. The molecule has 0 bridgehead atoms. The van der Waals surface area contributed by atoms with Crippen molar-refractivity contribution in [1.29, 1.82) is 0 Å². The zero-order chi connectivity index (χ0) is 14.4. The Morgan fingerprint density at radius 3 is 3.05 bits per heavy atom. The minimum atomic E-state index is 0.635. The molecule has 1 fully saturated rings. The van der Waals surface area contributed by atoms with Crippen molar-refractivity contribution < 1.29 is 4.74 Å². The fourth-order valence-electron chi connectivity index (χ4n) is 2.80. The summed E-state index contributed by atoms with van der Waals surface area (Å²) in [7, 11) is 1.78. The van der Waals surface area contributed by atoms with Crippen LogP contribution in [0.5, 0.6) is 0 Å². The minimum Gasteiger partial charge on any atom is -0.384 e. The molecule has 1 aromatic rings. The summed E-state index contributed by atoms with van der Waals surface area (Å²) >= 11 is 6.18. The van der Waals surface area contributed by atoms with E-state index in [4.69, 9.17) is 16.3 Å². The van der Waals surface area contributed by atoms with Gasteiger partial charge in [0, 0.05) is 43.4 Å². The lowest BCUT2D eigenvalue weighted by Gasteiger charge is -2.23. The lowest BCUT2D eigenvalue weighted by atomic mass is 10.1. The van der Waals surface area contributed by atoms with Gasteiger partial charge < -0.3 is 15.0 Å². The van der Waals surface area contributed by atoms with E-state index in [0.29, 0.717) is 5.92 Å². The third-order valence-electron chi connectivity index (χ3n) is 3.82. The highest BCUT2D eigenvalue weighted by Gasteiger charge is 2.24. The molecule has 0 spiro atoms. The fraction of sp³-hybridized carbons (Fsp3) is 0.625. The normalized spacial score (nSPS) is 18.8. The van der Waals surface area contributed by atoms with Crippen LogP contribution in [0.2, 0.25) is 5.02 Å². The van der Waals surface area contributed by atoms with Gasteiger partial charge in [0.2, 0.25) is 0 Å². The number of nitrogens with one attached hydrogen (secondary N) is 1. The smallest absolute Gasteiger partial charge is 0.0508 e. The third-order valence-corrected chi connectivity index (χ3v) is 4.05. The van der Waals surface area contributed by atoms with E-state index >= 15 is 0 Å². The molecule has 0 aliphatic carbocycles. The van der Waals surface area contributed by atoms with Crippen molar-refractivity contribution >= 4 is 17.3 Å². The van der Waals surface area contributed by atoms with E-state index in [1.807, 2.05) is 6.07 Å². The predicted octanol–water partition coefficient (Wildman–Crippen LogP) is 3.31. The number of rotatable bonds is 7. The molecule has 0 radical (unpaired) electrons. The van der Waals surface area contributed by atoms with Gasteiger partial charge in [0.05, 0.1) is 6.61 Å². The Morgan fingerprint density at radius 2 is 2.30 bits per heavy atom. The van der Waals surface area contributed by atoms with Crippen LogP contribution in [0.15, 0.2) is 18.2 Å². The summed E-state index contributed by atoms with van der Waals surface area (Å²) in [6.07, 6.45) is 2.35. The van der Waals surface area contributed by atoms with Crippen LogP contribution in [-0.2, 0) is 11.3 Å². The molecule has 1 N–H and O–H groups in total. The molecule has 1 aliphatic heterocycles. The lowest BCUT2D eigenvalue weighted by molar-refractivity contribution is 0.161. The molecule has 4 heteroatoms. The van der Waals surface area contributed by atoms with E-state index < -0.39 is 0 Å². The number of hydrogen-bond donors (Lipinski definition) is 1. The lowest BCUT2D eigenvalue weighted by Crippen LogP contribution is -2.24. The molecule has 1 saturated heterocycles. The van der Waals surface area contributed by atoms with Crippen molar-refractivity contribution in [3.63, 3.8) is 0 Å². The molecule has 20 heavy (non-hydrogen) atoms. The molecule has 0 amide bonds. The van der Waals surface area contributed by atoms with Crippen molar-refractivity contribution in [3.05, 3.63) is 28.8 Å². The van der Waals surface area contributed by atoms with Gasteiger partial charge in [0.1, 0.15) is 0 Å². The Morgan fingerprint density at radius 1 is 1.45 bits per heavy atom. The molecular weight excluding hydrogens is 272 g/mol. The standard InChI is InChI=1S/C16H25ClN2O/c1-3-7-18-10-14-4-5-15(17)9-16(14)19-8-6-13(11-19)12-20-2/h4-5,9,13,18H,3,6-8,10-12H2,1-2H3. The second-order valence-corrected chi connectivity index (χ2v) is 5.94. The van der Waals surface area contributed by atoms with E-state index in [2.05, 4.69) is 29.3 Å². The number of ether oxygens (including phenoxy) is 1. The van der Waals surface area contributed by atoms with E-state index in [9.17, 15) is 0 Å². The second kappa shape index (κ2) is 7.87. The van der Waals surface area contributed by atoms with E-state index in [-0.39, 0.29) is 0 Å². The average Bonchev–Trinajstić information content (AvgIpc) is 2.89. The summed E-state index contributed by atoms with van der Waals surface area (Å²) in [4.78, 5) is 2.44. The summed E-state index contributed by atoms with van der Waals surface area (Å²) in [6.45, 7) is 7.15. The van der Waals surface area contributed by atoms with Crippen molar-refractivity contribution in [3.8, 4) is 0 Å². The van der Waals surface area contributed by atoms with Gasteiger partial charge in [-0.15, -0.1) is 0 Å². The van der Waals surface area contributed by atoms with Crippen LogP contribution in [-0.4, -0.2) is 33.4 Å². The first kappa shape index (κ1) is 15.6. The van der Waals surface area contributed by atoms with E-state index in [1.165, 1.54) is 17.7 Å². The molecule has 1 unspecified atom stereocenters. The third kappa shape index (κ3) is 4.11. The predicted molar refractivity (Wildman–Crippen MR) is 85.6 cm³/mol. The number of methoxy groups -OCH3 is 1. The summed E-state index contributed by atoms with van der Waals surface area (Å²) < 4.78 is 5.28. The molecule has 112 valence electrons. The van der Waals surface area contributed by atoms with Gasteiger partial charge in [-0.25, -0.2) is 0 Å². The van der Waals surface area contributed by atoms with Crippen LogP contribution in [0, 0.1) is 5.92 Å². The zero-order valence-electron chi connectivity index (χ0n) is 12.5. The summed E-state index contributed by atoms with van der Waals surface area (Å²) in [5, 5.41) is 4.29. The molecule has 1 aromatic carbocycles. The molecule has 0 aromatic heterocycles. The van der Waals surface area contributed by atoms with Crippen LogP contribution in [0.1, 0.15) is 25.3 Å². The van der Waals surface area contributed by atoms with Gasteiger partial charge in [-0.2, -0.15) is 0 Å². The van der Waals surface area contributed by atoms with Crippen LogP contribution in [0.3, 0.4) is 0 Å². The molecule has 1 heterocycles. The highest BCUT2D eigenvalue weighted by atomic mass is 35.5. The molecule has 2 rings (SSSR count). The number of hydrogen-bond acceptors (Lipinski definition) is 3. The van der Waals surface area contributed by atoms with Crippen LogP contribution in [0.25, 0.3) is 0 Å². The molecule has 3 nitrogen and oxygen atoms in total. The van der Waals surface area contributed by atoms with Crippen LogP contribution >= 0.6 is 11.6 Å². The average molecular weight is 297 g/mol. The number of halogens is 1. The first-order valence-corrected chi connectivity index (χ1v) is 7.85. The fourth-order valence-corrected chi connectivity index (χ4v) is 2.97. The Labute approximate surface area is 127 Å². The van der Waals surface area contributed by atoms with Crippen LogP contribution < -0.4 is 10.2 Å². The first-order valence-electron chi connectivity index (χ1n) is 7.47. The maximum absolute atomic E-state index is 6.18. The molecule has 1 atom stereocenters. The monoisotopic (exact) mass is 296 g/mol. The molecular formula is C16H25ClN2O. The Balaban J connectivity index is 2.07. The molecule has 1 aliphatic rings. The minimum absolute atomic E-state index is 0.635. The van der Waals surface area contributed by atoms with Crippen LogP contribution in [0.4, 0.5) is 5.69 Å². The van der Waals surface area contributed by atoms with Crippen molar-refractivity contribution in [2.75, 3.05) is 38.3 Å². The maximum atomic E-state index is 6.18. The largest absolute Gasteiger partial charge is 0.384 e. The van der Waals surface area contributed by atoms with Gasteiger partial charge in [-0.3, -0.25) is 0 Å². The first-order chi connectivity index (χ1) is 9.74. The highest BCUT2D eigenvalue weighted by molar-refractivity contribution is 6.30. The van der Waals surface area contributed by atoms with Gasteiger partial charge in [0.15, 0.2) is 0 Å². The van der Waals surface area contributed by atoms with Gasteiger partial charge in [-0.1, -0.05) is 24.6 Å². The van der Waals surface area contributed by atoms with Crippen molar-refractivity contribution in [2.45, 2.75) is 26.3 Å². The summed E-state index contributed by atoms with van der Waals surface area (Å²) in [5.74, 6) is 0.635. The number of nitrogens with zero attached hydrogens (tertiary/aromatic N) is 1.